The van der Waals surface area contributed by atoms with Gasteiger partial charge in [0.15, 0.2) is 5.96 Å². The third-order valence-electron chi connectivity index (χ3n) is 4.66. The van der Waals surface area contributed by atoms with Crippen molar-refractivity contribution in [1.82, 2.24) is 4.90 Å². The fraction of sp³-hybridized carbons (Fsp3) is 0.923. The molecule has 96 valence electrons. The van der Waals surface area contributed by atoms with Crippen LogP contribution in [-0.2, 0) is 4.74 Å². The first kappa shape index (κ1) is 11.3. The highest BCUT2D eigenvalue weighted by Gasteiger charge is 2.54. The smallest absolute Gasteiger partial charge is 0.192 e. The molecule has 4 nitrogen and oxygen atoms in total. The van der Waals surface area contributed by atoms with E-state index in [1.165, 1.54) is 38.5 Å². The third-order valence-corrected chi connectivity index (χ3v) is 4.66. The normalized spacial score (nSPS) is 34.4. The largest absolute Gasteiger partial charge is 0.382 e. The molecular weight excluding hydrogens is 214 g/mol. The van der Waals surface area contributed by atoms with E-state index in [0.29, 0.717) is 6.04 Å². The van der Waals surface area contributed by atoms with Crippen molar-refractivity contribution in [3.8, 4) is 0 Å². The number of hydrogen-bond donors (Lipinski definition) is 1. The van der Waals surface area contributed by atoms with Gasteiger partial charge in [0.25, 0.3) is 0 Å². The molecule has 0 amide bonds. The Hall–Kier alpha value is -0.770. The average molecular weight is 237 g/mol. The van der Waals surface area contributed by atoms with Crippen LogP contribution in [0, 0.1) is 5.92 Å². The molecule has 2 N–H and O–H groups in total. The van der Waals surface area contributed by atoms with Crippen LogP contribution in [0.4, 0.5) is 0 Å². The van der Waals surface area contributed by atoms with Gasteiger partial charge in [0.05, 0.1) is 18.7 Å². The Kier molecular flexibility index (Phi) is 2.77. The van der Waals surface area contributed by atoms with E-state index in [2.05, 4.69) is 9.89 Å². The molecule has 17 heavy (non-hydrogen) atoms. The lowest BCUT2D eigenvalue weighted by Gasteiger charge is -2.43. The predicted molar refractivity (Wildman–Crippen MR) is 67.9 cm³/mol. The van der Waals surface area contributed by atoms with Gasteiger partial charge in [-0.3, -0.25) is 4.99 Å². The summed E-state index contributed by atoms with van der Waals surface area (Å²) in [5.74, 6) is 1.51. The average Bonchev–Trinajstić information content (AvgIpc) is 2.95. The molecule has 0 aromatic heterocycles. The van der Waals surface area contributed by atoms with Gasteiger partial charge in [-0.25, -0.2) is 0 Å². The van der Waals surface area contributed by atoms with E-state index in [4.69, 9.17) is 10.5 Å². The fourth-order valence-corrected chi connectivity index (χ4v) is 3.74. The van der Waals surface area contributed by atoms with E-state index >= 15 is 0 Å². The summed E-state index contributed by atoms with van der Waals surface area (Å²) in [5, 5.41) is 0. The van der Waals surface area contributed by atoms with Crippen molar-refractivity contribution in [2.45, 2.75) is 50.1 Å². The van der Waals surface area contributed by atoms with Crippen LogP contribution in [0.2, 0.25) is 0 Å². The van der Waals surface area contributed by atoms with E-state index in [0.717, 1.165) is 25.0 Å². The minimum Gasteiger partial charge on any atom is -0.382 e. The number of methoxy groups -OCH3 is 1. The minimum atomic E-state index is 0.0911. The van der Waals surface area contributed by atoms with Crippen molar-refractivity contribution in [2.24, 2.45) is 16.6 Å². The van der Waals surface area contributed by atoms with Gasteiger partial charge >= 0.3 is 0 Å². The molecule has 0 radical (unpaired) electrons. The van der Waals surface area contributed by atoms with Gasteiger partial charge in [-0.15, -0.1) is 0 Å². The number of ether oxygens (including phenoxy) is 1. The molecule has 0 aromatic rings. The summed E-state index contributed by atoms with van der Waals surface area (Å²) in [5.41, 5.74) is 6.24. The fourth-order valence-electron chi connectivity index (χ4n) is 3.74. The molecule has 3 rings (SSSR count). The van der Waals surface area contributed by atoms with E-state index in [1.807, 2.05) is 0 Å². The summed E-state index contributed by atoms with van der Waals surface area (Å²) in [4.78, 5) is 6.97. The Labute approximate surface area is 103 Å². The Balaban J connectivity index is 1.86. The summed E-state index contributed by atoms with van der Waals surface area (Å²) < 4.78 is 5.50. The lowest BCUT2D eigenvalue weighted by molar-refractivity contribution is 0.0314. The van der Waals surface area contributed by atoms with Gasteiger partial charge < -0.3 is 15.4 Å². The zero-order chi connectivity index (χ0) is 11.9. The highest BCUT2D eigenvalue weighted by molar-refractivity contribution is 5.81. The molecule has 1 atom stereocenters. The van der Waals surface area contributed by atoms with Crippen LogP contribution >= 0.6 is 0 Å². The molecule has 0 aromatic carbocycles. The van der Waals surface area contributed by atoms with E-state index < -0.39 is 0 Å². The Morgan fingerprint density at radius 1 is 1.35 bits per heavy atom. The van der Waals surface area contributed by atoms with Gasteiger partial charge in [0, 0.05) is 13.2 Å². The predicted octanol–water partition coefficient (Wildman–Crippen LogP) is 1.35. The van der Waals surface area contributed by atoms with Crippen LogP contribution < -0.4 is 5.73 Å². The summed E-state index contributed by atoms with van der Waals surface area (Å²) in [6.45, 7) is 1.62. The molecule has 0 saturated heterocycles. The molecule has 2 aliphatic carbocycles. The van der Waals surface area contributed by atoms with Gasteiger partial charge in [0.1, 0.15) is 0 Å². The Morgan fingerprint density at radius 3 is 2.65 bits per heavy atom. The first-order valence-corrected chi connectivity index (χ1v) is 6.86. The monoisotopic (exact) mass is 237 g/mol. The molecule has 1 unspecified atom stereocenters. The highest BCUT2D eigenvalue weighted by atomic mass is 16.5. The first-order chi connectivity index (χ1) is 8.28. The number of aliphatic imine (C=N–C) groups is 1. The minimum absolute atomic E-state index is 0.0911. The van der Waals surface area contributed by atoms with Crippen LogP contribution in [-0.4, -0.2) is 42.7 Å². The maximum atomic E-state index is 6.15. The second-order valence-corrected chi connectivity index (χ2v) is 5.79. The van der Waals surface area contributed by atoms with Crippen molar-refractivity contribution < 1.29 is 4.74 Å². The maximum absolute atomic E-state index is 6.15. The summed E-state index contributed by atoms with van der Waals surface area (Å²) >= 11 is 0. The molecule has 1 aliphatic heterocycles. The number of nitrogens with two attached hydrogens (primary N) is 1. The summed E-state index contributed by atoms with van der Waals surface area (Å²) in [6.07, 6.45) is 7.85. The van der Waals surface area contributed by atoms with Crippen molar-refractivity contribution >= 4 is 5.96 Å². The Morgan fingerprint density at radius 2 is 2.06 bits per heavy atom. The number of rotatable bonds is 4. The van der Waals surface area contributed by atoms with Gasteiger partial charge in [0.2, 0.25) is 0 Å². The molecule has 4 heteroatoms. The van der Waals surface area contributed by atoms with Crippen molar-refractivity contribution in [3.05, 3.63) is 0 Å². The molecular formula is C13H23N3O. The Bertz CT molecular complexity index is 321. The first-order valence-electron chi connectivity index (χ1n) is 6.86. The standard InChI is InChI=1S/C13H23N3O/c1-17-9-13(10-6-7-10)8-15-12(14)16(13)11-4-2-3-5-11/h10-11H,2-9H2,1H3,(H2,14,15). The zero-order valence-corrected chi connectivity index (χ0v) is 10.7. The van der Waals surface area contributed by atoms with Crippen LogP contribution in [0.15, 0.2) is 4.99 Å². The number of nitrogens with zero attached hydrogens (tertiary/aromatic N) is 2. The van der Waals surface area contributed by atoms with Gasteiger partial charge in [-0.1, -0.05) is 12.8 Å². The van der Waals surface area contributed by atoms with Crippen molar-refractivity contribution in [2.75, 3.05) is 20.3 Å². The summed E-state index contributed by atoms with van der Waals surface area (Å²) in [6, 6.07) is 0.608. The van der Waals surface area contributed by atoms with Crippen LogP contribution in [0.5, 0.6) is 0 Å². The quantitative estimate of drug-likeness (QED) is 0.803. The van der Waals surface area contributed by atoms with Crippen molar-refractivity contribution in [3.63, 3.8) is 0 Å². The van der Waals surface area contributed by atoms with Crippen LogP contribution in [0.1, 0.15) is 38.5 Å². The molecule has 0 bridgehead atoms. The second kappa shape index (κ2) is 4.16. The topological polar surface area (TPSA) is 50.9 Å². The molecule has 2 saturated carbocycles. The van der Waals surface area contributed by atoms with Gasteiger partial charge in [-0.2, -0.15) is 0 Å². The van der Waals surface area contributed by atoms with E-state index in [-0.39, 0.29) is 5.54 Å². The molecule has 1 heterocycles. The number of hydrogen-bond acceptors (Lipinski definition) is 4. The lowest BCUT2D eigenvalue weighted by atomic mass is 9.91. The lowest BCUT2D eigenvalue weighted by Crippen LogP contribution is -2.59. The summed E-state index contributed by atoms with van der Waals surface area (Å²) in [7, 11) is 1.80. The maximum Gasteiger partial charge on any atom is 0.192 e. The highest BCUT2D eigenvalue weighted by Crippen LogP contribution is 2.47. The van der Waals surface area contributed by atoms with Crippen molar-refractivity contribution in [1.29, 1.82) is 0 Å². The second-order valence-electron chi connectivity index (χ2n) is 5.79. The molecule has 2 fully saturated rings. The zero-order valence-electron chi connectivity index (χ0n) is 10.7. The SMILES string of the molecule is COCC1(C2CC2)CN=C(N)N1C1CCCC1. The molecule has 0 spiro atoms. The molecule has 3 aliphatic rings. The van der Waals surface area contributed by atoms with Crippen LogP contribution in [0.3, 0.4) is 0 Å². The van der Waals surface area contributed by atoms with E-state index in [9.17, 15) is 0 Å². The van der Waals surface area contributed by atoms with Crippen LogP contribution in [0.25, 0.3) is 0 Å². The van der Waals surface area contributed by atoms with Gasteiger partial charge in [-0.05, 0) is 31.6 Å². The van der Waals surface area contributed by atoms with E-state index in [1.54, 1.807) is 7.11 Å². The third kappa shape index (κ3) is 1.73. The number of guanidine groups is 1.